The fraction of sp³-hybridized carbons (Fsp3) is 0.333. The van der Waals surface area contributed by atoms with Crippen molar-refractivity contribution in [2.45, 2.75) is 25.4 Å². The zero-order chi connectivity index (χ0) is 17.4. The smallest absolute Gasteiger partial charge is 0.322 e. The van der Waals surface area contributed by atoms with E-state index in [1.54, 1.807) is 0 Å². The maximum absolute atomic E-state index is 14.0. The lowest BCUT2D eigenvalue weighted by Gasteiger charge is -2.29. The average Bonchev–Trinajstić information content (AvgIpc) is 2.83. The Kier molecular flexibility index (Phi) is 3.92. The first-order valence-electron chi connectivity index (χ1n) is 7.30. The van der Waals surface area contributed by atoms with Crippen LogP contribution >= 0.6 is 0 Å². The van der Waals surface area contributed by atoms with Crippen LogP contribution in [0.2, 0.25) is 0 Å². The van der Waals surface area contributed by atoms with E-state index in [0.717, 1.165) is 6.07 Å². The van der Waals surface area contributed by atoms with Crippen molar-refractivity contribution in [2.75, 3.05) is 11.9 Å². The summed E-state index contributed by atoms with van der Waals surface area (Å²) in [6.07, 6.45) is 0.319. The molecule has 8 nitrogen and oxygen atoms in total. The van der Waals surface area contributed by atoms with E-state index in [4.69, 9.17) is 5.11 Å². The number of imide groups is 1. The van der Waals surface area contributed by atoms with Crippen molar-refractivity contribution in [3.05, 3.63) is 29.1 Å². The standard InChI is InChI=1S/C15H14FN3O5/c16-9-2-1-7-8(13(9)17-5-12(21)22)6-19(15(7)24)10-3-4-11(20)18-14(10)23/h1-2,10,17H,3-6H2,(H,21,22)(H,18,20,23). The van der Waals surface area contributed by atoms with Crippen molar-refractivity contribution >= 4 is 29.4 Å². The van der Waals surface area contributed by atoms with Crippen molar-refractivity contribution in [2.24, 2.45) is 0 Å². The summed E-state index contributed by atoms with van der Waals surface area (Å²) in [5.41, 5.74) is 0.470. The van der Waals surface area contributed by atoms with Crippen LogP contribution in [0, 0.1) is 5.82 Å². The summed E-state index contributed by atoms with van der Waals surface area (Å²) in [6.45, 7) is -0.528. The van der Waals surface area contributed by atoms with E-state index in [1.807, 2.05) is 0 Å². The molecule has 0 saturated carbocycles. The van der Waals surface area contributed by atoms with Gasteiger partial charge in [-0.25, -0.2) is 4.39 Å². The van der Waals surface area contributed by atoms with Gasteiger partial charge in [-0.1, -0.05) is 0 Å². The van der Waals surface area contributed by atoms with E-state index in [1.165, 1.54) is 11.0 Å². The lowest BCUT2D eigenvalue weighted by Crippen LogP contribution is -2.52. The molecule has 3 amide bonds. The van der Waals surface area contributed by atoms with E-state index < -0.39 is 42.1 Å². The molecular weight excluding hydrogens is 321 g/mol. The van der Waals surface area contributed by atoms with Crippen LogP contribution in [0.3, 0.4) is 0 Å². The van der Waals surface area contributed by atoms with Crippen molar-refractivity contribution in [1.82, 2.24) is 10.2 Å². The Labute approximate surface area is 135 Å². The maximum atomic E-state index is 14.0. The quantitative estimate of drug-likeness (QED) is 0.671. The van der Waals surface area contributed by atoms with Crippen LogP contribution in [0.4, 0.5) is 10.1 Å². The number of piperidine rings is 1. The number of aliphatic carboxylic acids is 1. The summed E-state index contributed by atoms with van der Waals surface area (Å²) in [7, 11) is 0. The molecule has 0 spiro atoms. The monoisotopic (exact) mass is 335 g/mol. The van der Waals surface area contributed by atoms with Gasteiger partial charge in [-0.15, -0.1) is 0 Å². The minimum atomic E-state index is -1.17. The number of fused-ring (bicyclic) bond motifs is 1. The van der Waals surface area contributed by atoms with Gasteiger partial charge in [0, 0.05) is 24.1 Å². The van der Waals surface area contributed by atoms with Crippen molar-refractivity contribution < 1.29 is 28.7 Å². The van der Waals surface area contributed by atoms with Crippen LogP contribution in [0.15, 0.2) is 12.1 Å². The van der Waals surface area contributed by atoms with Crippen LogP contribution in [0.5, 0.6) is 0 Å². The summed E-state index contributed by atoms with van der Waals surface area (Å²) < 4.78 is 14.0. The van der Waals surface area contributed by atoms with E-state index >= 15 is 0 Å². The Hall–Kier alpha value is -2.97. The van der Waals surface area contributed by atoms with Crippen LogP contribution < -0.4 is 10.6 Å². The number of amides is 3. The van der Waals surface area contributed by atoms with Gasteiger partial charge in [-0.05, 0) is 18.6 Å². The molecule has 0 aromatic heterocycles. The average molecular weight is 335 g/mol. The van der Waals surface area contributed by atoms with Crippen LogP contribution in [-0.2, 0) is 20.9 Å². The number of hydrogen-bond acceptors (Lipinski definition) is 5. The zero-order valence-electron chi connectivity index (χ0n) is 12.5. The first-order valence-corrected chi connectivity index (χ1v) is 7.30. The third kappa shape index (κ3) is 2.68. The minimum absolute atomic E-state index is 0.0276. The Morgan fingerprint density at radius 2 is 2.12 bits per heavy atom. The number of nitrogens with zero attached hydrogens (tertiary/aromatic N) is 1. The molecule has 1 aromatic rings. The van der Waals surface area contributed by atoms with E-state index in [-0.39, 0.29) is 30.6 Å². The number of anilines is 1. The SMILES string of the molecule is O=C(O)CNc1c(F)ccc2c1CN(C1CCC(=O)NC1=O)C2=O. The van der Waals surface area contributed by atoms with Gasteiger partial charge in [0.1, 0.15) is 18.4 Å². The number of carboxylic acid groups (broad SMARTS) is 1. The second-order valence-corrected chi connectivity index (χ2v) is 5.60. The molecule has 24 heavy (non-hydrogen) atoms. The molecule has 2 heterocycles. The van der Waals surface area contributed by atoms with Crippen molar-refractivity contribution in [1.29, 1.82) is 0 Å². The molecule has 126 valence electrons. The first-order chi connectivity index (χ1) is 11.4. The second-order valence-electron chi connectivity index (χ2n) is 5.60. The molecule has 2 aliphatic heterocycles. The summed E-state index contributed by atoms with van der Waals surface area (Å²) >= 11 is 0. The molecule has 3 N–H and O–H groups in total. The zero-order valence-corrected chi connectivity index (χ0v) is 12.5. The van der Waals surface area contributed by atoms with E-state index in [0.29, 0.717) is 5.56 Å². The summed E-state index contributed by atoms with van der Waals surface area (Å²) in [5.74, 6) is -3.24. The Morgan fingerprint density at radius 1 is 1.38 bits per heavy atom. The highest BCUT2D eigenvalue weighted by molar-refractivity contribution is 6.06. The third-order valence-corrected chi connectivity index (χ3v) is 4.08. The molecule has 0 radical (unpaired) electrons. The van der Waals surface area contributed by atoms with Crippen LogP contribution in [0.25, 0.3) is 0 Å². The van der Waals surface area contributed by atoms with Crippen molar-refractivity contribution in [3.63, 3.8) is 0 Å². The normalized spacial score (nSPS) is 20.0. The largest absolute Gasteiger partial charge is 0.480 e. The highest BCUT2D eigenvalue weighted by atomic mass is 19.1. The molecule has 0 aliphatic carbocycles. The van der Waals surface area contributed by atoms with Gasteiger partial charge >= 0.3 is 5.97 Å². The molecular formula is C15H14FN3O5. The molecule has 1 saturated heterocycles. The second kappa shape index (κ2) is 5.91. The van der Waals surface area contributed by atoms with Crippen LogP contribution in [0.1, 0.15) is 28.8 Å². The molecule has 1 atom stereocenters. The minimum Gasteiger partial charge on any atom is -0.480 e. The molecule has 3 rings (SSSR count). The summed E-state index contributed by atoms with van der Waals surface area (Å²) in [4.78, 5) is 47.7. The Balaban J connectivity index is 1.89. The molecule has 2 aliphatic rings. The van der Waals surface area contributed by atoms with Crippen molar-refractivity contribution in [3.8, 4) is 0 Å². The van der Waals surface area contributed by atoms with E-state index in [9.17, 15) is 23.6 Å². The summed E-state index contributed by atoms with van der Waals surface area (Å²) in [5, 5.41) is 13.4. The first kappa shape index (κ1) is 15.9. The molecule has 1 unspecified atom stereocenters. The Bertz CT molecular complexity index is 764. The maximum Gasteiger partial charge on any atom is 0.322 e. The molecule has 1 aromatic carbocycles. The summed E-state index contributed by atoms with van der Waals surface area (Å²) in [6, 6.07) is 1.58. The predicted molar refractivity (Wildman–Crippen MR) is 78.6 cm³/mol. The number of carbonyl (C=O) groups excluding carboxylic acids is 3. The van der Waals surface area contributed by atoms with Gasteiger partial charge < -0.3 is 15.3 Å². The molecule has 9 heteroatoms. The third-order valence-electron chi connectivity index (χ3n) is 4.08. The topological polar surface area (TPSA) is 116 Å². The number of carboxylic acids is 1. The number of carbonyl (C=O) groups is 4. The van der Waals surface area contributed by atoms with Gasteiger partial charge in [0.2, 0.25) is 11.8 Å². The highest BCUT2D eigenvalue weighted by Gasteiger charge is 2.40. The fourth-order valence-corrected chi connectivity index (χ4v) is 2.97. The van der Waals surface area contributed by atoms with Gasteiger partial charge in [0.05, 0.1) is 5.69 Å². The van der Waals surface area contributed by atoms with E-state index in [2.05, 4.69) is 10.6 Å². The highest BCUT2D eigenvalue weighted by Crippen LogP contribution is 2.33. The Morgan fingerprint density at radius 3 is 2.79 bits per heavy atom. The fourth-order valence-electron chi connectivity index (χ4n) is 2.97. The van der Waals surface area contributed by atoms with Gasteiger partial charge in [0.25, 0.3) is 5.91 Å². The lowest BCUT2D eigenvalue weighted by atomic mass is 10.0. The number of benzene rings is 1. The lowest BCUT2D eigenvalue weighted by molar-refractivity contribution is -0.137. The van der Waals surface area contributed by atoms with Gasteiger partial charge in [0.15, 0.2) is 0 Å². The number of hydrogen-bond donors (Lipinski definition) is 3. The predicted octanol–water partition coefficient (Wildman–Crippen LogP) is 0.0832. The number of nitrogens with one attached hydrogen (secondary N) is 2. The van der Waals surface area contributed by atoms with Gasteiger partial charge in [-0.3, -0.25) is 24.5 Å². The number of halogens is 1. The molecule has 0 bridgehead atoms. The number of rotatable bonds is 4. The molecule has 1 fully saturated rings. The van der Waals surface area contributed by atoms with Gasteiger partial charge in [-0.2, -0.15) is 0 Å². The van der Waals surface area contributed by atoms with Crippen LogP contribution in [-0.4, -0.2) is 46.3 Å².